The highest BCUT2D eigenvalue weighted by Crippen LogP contribution is 2.30. The van der Waals surface area contributed by atoms with Gasteiger partial charge in [-0.2, -0.15) is 0 Å². The van der Waals surface area contributed by atoms with E-state index in [1.165, 1.54) is 54.5 Å². The molecule has 1 aliphatic carbocycles. The van der Waals surface area contributed by atoms with Crippen molar-refractivity contribution >= 4 is 11.8 Å². The van der Waals surface area contributed by atoms with E-state index >= 15 is 0 Å². The minimum Gasteiger partial charge on any atom is -0.301 e. The van der Waals surface area contributed by atoms with Crippen molar-refractivity contribution < 1.29 is 4.39 Å². The molecule has 0 fully saturated rings. The van der Waals surface area contributed by atoms with Crippen LogP contribution < -0.4 is 0 Å². The van der Waals surface area contributed by atoms with Crippen LogP contribution in [-0.2, 0) is 0 Å². The Bertz CT molecular complexity index is 930. The molecule has 1 aliphatic rings. The molecule has 0 bridgehead atoms. The molecule has 1 nitrogen and oxygen atoms in total. The van der Waals surface area contributed by atoms with Crippen LogP contribution in [0.2, 0.25) is 0 Å². The summed E-state index contributed by atoms with van der Waals surface area (Å²) in [4.78, 5) is 3.61. The Balaban J connectivity index is -0.000000557. The second kappa shape index (κ2) is 26.6. The predicted molar refractivity (Wildman–Crippen MR) is 180 cm³/mol. The molecule has 1 aromatic rings. The normalized spacial score (nSPS) is 14.1. The van der Waals surface area contributed by atoms with Crippen LogP contribution in [0.1, 0.15) is 93.6 Å². The lowest BCUT2D eigenvalue weighted by Crippen LogP contribution is -2.00. The fraction of sp³-hybridized carbons (Fsp3) is 0.432. The molecule has 0 saturated carbocycles. The Kier molecular flexibility index (Phi) is 27.6. The topological polar surface area (TPSA) is 12.4 Å². The third kappa shape index (κ3) is 21.6. The van der Waals surface area contributed by atoms with Crippen LogP contribution in [0.25, 0.3) is 5.57 Å². The summed E-state index contributed by atoms with van der Waals surface area (Å²) < 4.78 is 12.9. The Morgan fingerprint density at radius 2 is 1.56 bits per heavy atom. The van der Waals surface area contributed by atoms with E-state index in [-0.39, 0.29) is 5.82 Å². The van der Waals surface area contributed by atoms with E-state index < -0.39 is 0 Å². The van der Waals surface area contributed by atoms with Gasteiger partial charge in [-0.15, -0.1) is 13.2 Å². The number of hydrogen-bond donors (Lipinski definition) is 0. The maximum atomic E-state index is 12.9. The van der Waals surface area contributed by atoms with Gasteiger partial charge in [0.2, 0.25) is 0 Å². The summed E-state index contributed by atoms with van der Waals surface area (Å²) in [6.45, 7) is 32.4. The zero-order valence-corrected chi connectivity index (χ0v) is 26.9. The minimum atomic E-state index is -0.170. The smallest absolute Gasteiger partial charge is 0.123 e. The summed E-state index contributed by atoms with van der Waals surface area (Å²) in [5.41, 5.74) is 6.89. The third-order valence-corrected chi connectivity index (χ3v) is 5.74. The van der Waals surface area contributed by atoms with Gasteiger partial charge in [0.15, 0.2) is 0 Å². The fourth-order valence-corrected chi connectivity index (χ4v) is 3.41. The molecule has 2 heteroatoms. The summed E-state index contributed by atoms with van der Waals surface area (Å²) in [6, 6.07) is 6.77. The molecule has 0 aromatic heterocycles. The van der Waals surface area contributed by atoms with Crippen LogP contribution in [-0.4, -0.2) is 13.3 Å². The summed E-state index contributed by atoms with van der Waals surface area (Å²) in [5.74, 6) is 1.15. The van der Waals surface area contributed by atoms with Crippen molar-refractivity contribution in [3.8, 4) is 0 Å². The van der Waals surface area contributed by atoms with Crippen LogP contribution in [0.3, 0.4) is 0 Å². The molecular formula is C37H58FN. The molecule has 39 heavy (non-hydrogen) atoms. The first-order valence-electron chi connectivity index (χ1n) is 14.2. The van der Waals surface area contributed by atoms with Crippen LogP contribution in [0.15, 0.2) is 108 Å². The summed E-state index contributed by atoms with van der Waals surface area (Å²) in [5, 5.41) is 0. The van der Waals surface area contributed by atoms with Gasteiger partial charge in [0.05, 0.1) is 0 Å². The SMILES string of the molecule is C=C.C=C(C)C(=C)/C(C)=C\C=C(C)C.CC.CC=NC.CCCCC(C)CC1C=CC(c2ccc(F)cc2)=C1. The average molecular weight is 536 g/mol. The third-order valence-electron chi connectivity index (χ3n) is 5.74. The van der Waals surface area contributed by atoms with E-state index in [0.29, 0.717) is 5.92 Å². The standard InChI is InChI=1S/C18H23F.C12H18.C3H7N.C2H6.C2H4/c1-3-4-5-14(2)12-15-6-7-17(13-15)16-8-10-18(19)11-9-16;1-9(2)7-8-11(5)12(6)10(3)4;1-3-4-2;2*1-2/h6-11,13-15H,3-5,12H2,1-2H3;7-8H,3,6H2,1-2,4-5H3;3H,1-2H3;1-2H3;1-2H2/b;11-8-;;;. The molecule has 0 saturated heterocycles. The van der Waals surface area contributed by atoms with Gasteiger partial charge in [-0.1, -0.05) is 114 Å². The van der Waals surface area contributed by atoms with Gasteiger partial charge in [0.25, 0.3) is 0 Å². The van der Waals surface area contributed by atoms with Crippen LogP contribution in [0.5, 0.6) is 0 Å². The highest BCUT2D eigenvalue weighted by molar-refractivity contribution is 5.76. The van der Waals surface area contributed by atoms with Gasteiger partial charge in [-0.3, -0.25) is 0 Å². The van der Waals surface area contributed by atoms with Crippen molar-refractivity contribution in [1.82, 2.24) is 0 Å². The first-order valence-corrected chi connectivity index (χ1v) is 14.2. The van der Waals surface area contributed by atoms with Crippen molar-refractivity contribution in [2.45, 2.75) is 88.0 Å². The van der Waals surface area contributed by atoms with E-state index in [1.54, 1.807) is 13.3 Å². The lowest BCUT2D eigenvalue weighted by molar-refractivity contribution is 0.443. The second-order valence-electron chi connectivity index (χ2n) is 9.50. The van der Waals surface area contributed by atoms with E-state index in [0.717, 1.165) is 22.6 Å². The molecule has 0 aliphatic heterocycles. The van der Waals surface area contributed by atoms with Gasteiger partial charge in [0.1, 0.15) is 5.82 Å². The number of aliphatic imine (C=N–C) groups is 1. The Labute approximate surface area is 242 Å². The Morgan fingerprint density at radius 3 is 2.00 bits per heavy atom. The van der Waals surface area contributed by atoms with Gasteiger partial charge in [0, 0.05) is 7.05 Å². The van der Waals surface area contributed by atoms with Crippen molar-refractivity contribution in [3.63, 3.8) is 0 Å². The maximum absolute atomic E-state index is 12.9. The summed E-state index contributed by atoms with van der Waals surface area (Å²) in [7, 11) is 1.75. The maximum Gasteiger partial charge on any atom is 0.123 e. The first kappa shape index (κ1) is 40.5. The number of unbranched alkanes of at least 4 members (excludes halogenated alkanes) is 1. The average Bonchev–Trinajstić information content (AvgIpc) is 3.41. The highest BCUT2D eigenvalue weighted by atomic mass is 19.1. The summed E-state index contributed by atoms with van der Waals surface area (Å²) in [6.07, 6.45) is 17.8. The van der Waals surface area contributed by atoms with Gasteiger partial charge >= 0.3 is 0 Å². The van der Waals surface area contributed by atoms with Crippen molar-refractivity contribution in [2.24, 2.45) is 16.8 Å². The molecule has 0 heterocycles. The predicted octanol–water partition coefficient (Wildman–Crippen LogP) is 12.2. The molecule has 0 spiro atoms. The van der Waals surface area contributed by atoms with Crippen molar-refractivity contribution in [2.75, 3.05) is 7.05 Å². The molecule has 218 valence electrons. The van der Waals surface area contributed by atoms with E-state index in [2.05, 4.69) is 96.3 Å². The van der Waals surface area contributed by atoms with Crippen LogP contribution in [0.4, 0.5) is 4.39 Å². The minimum absolute atomic E-state index is 0.170. The zero-order valence-electron chi connectivity index (χ0n) is 26.9. The summed E-state index contributed by atoms with van der Waals surface area (Å²) >= 11 is 0. The molecular weight excluding hydrogens is 477 g/mol. The number of benzene rings is 1. The van der Waals surface area contributed by atoms with Crippen molar-refractivity contribution in [1.29, 1.82) is 0 Å². The Hall–Kier alpha value is -3.00. The molecule has 2 atom stereocenters. The monoisotopic (exact) mass is 535 g/mol. The van der Waals surface area contributed by atoms with Gasteiger partial charge in [-0.05, 0) is 93.5 Å². The van der Waals surface area contributed by atoms with Gasteiger partial charge in [-0.25, -0.2) is 4.39 Å². The quantitative estimate of drug-likeness (QED) is 0.169. The number of hydrogen-bond acceptors (Lipinski definition) is 1. The van der Waals surface area contributed by atoms with Gasteiger partial charge < -0.3 is 4.99 Å². The zero-order chi connectivity index (χ0) is 30.8. The van der Waals surface area contributed by atoms with E-state index in [9.17, 15) is 4.39 Å². The number of allylic oxidation sites excluding steroid dienone is 10. The molecule has 0 amide bonds. The first-order chi connectivity index (χ1) is 18.5. The molecule has 0 N–H and O–H groups in total. The largest absolute Gasteiger partial charge is 0.301 e. The highest BCUT2D eigenvalue weighted by Gasteiger charge is 2.14. The number of rotatable bonds is 9. The van der Waals surface area contributed by atoms with E-state index in [4.69, 9.17) is 0 Å². The Morgan fingerprint density at radius 1 is 1.03 bits per heavy atom. The number of nitrogens with zero attached hydrogens (tertiary/aromatic N) is 1. The van der Waals surface area contributed by atoms with Crippen molar-refractivity contribution in [3.05, 3.63) is 115 Å². The fourth-order valence-electron chi connectivity index (χ4n) is 3.41. The van der Waals surface area contributed by atoms with Crippen LogP contribution in [0, 0.1) is 17.7 Å². The molecule has 2 unspecified atom stereocenters. The molecule has 2 rings (SSSR count). The van der Waals surface area contributed by atoms with E-state index in [1.807, 2.05) is 39.8 Å². The second-order valence-corrected chi connectivity index (χ2v) is 9.50. The lowest BCUT2D eigenvalue weighted by Gasteiger charge is -2.13. The lowest BCUT2D eigenvalue weighted by atomic mass is 9.92. The molecule has 1 aromatic carbocycles. The van der Waals surface area contributed by atoms with Crippen LogP contribution >= 0.6 is 0 Å². The molecule has 0 radical (unpaired) electrons. The number of halogens is 1.